The fourth-order valence-corrected chi connectivity index (χ4v) is 3.14. The molecular formula is C13H15N3O3S. The summed E-state index contributed by atoms with van der Waals surface area (Å²) in [6.45, 7) is 3.07. The first-order valence-corrected chi connectivity index (χ1v) is 7.23. The van der Waals surface area contributed by atoms with Gasteiger partial charge in [-0.15, -0.1) is 11.3 Å². The molecule has 0 saturated carbocycles. The molecule has 1 fully saturated rings. The lowest BCUT2D eigenvalue weighted by Crippen LogP contribution is -2.50. The smallest absolute Gasteiger partial charge is 0.336 e. The molecule has 6 nitrogen and oxygen atoms in total. The Labute approximate surface area is 120 Å². The number of thiophene rings is 1. The van der Waals surface area contributed by atoms with E-state index in [1.165, 1.54) is 7.11 Å². The first-order valence-electron chi connectivity index (χ1n) is 6.35. The van der Waals surface area contributed by atoms with Crippen LogP contribution in [0.4, 0.5) is 5.82 Å². The fraction of sp³-hybridized carbons (Fsp3) is 0.462. The van der Waals surface area contributed by atoms with Crippen molar-refractivity contribution in [1.82, 2.24) is 9.97 Å². The van der Waals surface area contributed by atoms with Gasteiger partial charge in [-0.1, -0.05) is 0 Å². The molecule has 7 heteroatoms. The molecule has 1 saturated heterocycles. The van der Waals surface area contributed by atoms with Gasteiger partial charge in [-0.2, -0.15) is 0 Å². The van der Waals surface area contributed by atoms with Crippen molar-refractivity contribution in [2.75, 3.05) is 25.1 Å². The number of carbonyl (C=O) groups is 1. The van der Waals surface area contributed by atoms with Gasteiger partial charge in [-0.05, 0) is 18.4 Å². The topological polar surface area (TPSA) is 64.5 Å². The molecular weight excluding hydrogens is 278 g/mol. The van der Waals surface area contributed by atoms with Crippen LogP contribution in [0.25, 0.3) is 10.2 Å². The summed E-state index contributed by atoms with van der Waals surface area (Å²) in [4.78, 5) is 23.3. The molecule has 0 amide bonds. The molecule has 2 atom stereocenters. The van der Waals surface area contributed by atoms with Gasteiger partial charge in [-0.25, -0.2) is 14.8 Å². The maximum atomic E-state index is 11.7. The van der Waals surface area contributed by atoms with E-state index in [-0.39, 0.29) is 12.1 Å². The molecule has 3 rings (SSSR count). The van der Waals surface area contributed by atoms with E-state index in [0.717, 1.165) is 16.0 Å². The van der Waals surface area contributed by atoms with Crippen LogP contribution in [0.5, 0.6) is 0 Å². The largest absolute Gasteiger partial charge is 0.467 e. The summed E-state index contributed by atoms with van der Waals surface area (Å²) >= 11 is 1.58. The Morgan fingerprint density at radius 1 is 1.50 bits per heavy atom. The molecule has 1 aliphatic heterocycles. The SMILES string of the molecule is COC(=O)C1CN(c2ncnc3sccc23)C[C@@H](C)O1. The van der Waals surface area contributed by atoms with Gasteiger partial charge in [0.2, 0.25) is 0 Å². The average Bonchev–Trinajstić information content (AvgIpc) is 2.94. The van der Waals surface area contributed by atoms with E-state index in [9.17, 15) is 4.79 Å². The number of carbonyl (C=O) groups excluding carboxylic acids is 1. The number of ether oxygens (including phenoxy) is 2. The second-order valence-corrected chi connectivity index (χ2v) is 5.59. The minimum absolute atomic E-state index is 0.0588. The molecule has 1 unspecified atom stereocenters. The van der Waals surface area contributed by atoms with Gasteiger partial charge in [0.15, 0.2) is 6.10 Å². The molecule has 0 N–H and O–H groups in total. The third-order valence-electron chi connectivity index (χ3n) is 3.26. The van der Waals surface area contributed by atoms with Crippen LogP contribution in [-0.4, -0.2) is 48.3 Å². The minimum atomic E-state index is -0.576. The van der Waals surface area contributed by atoms with E-state index in [1.807, 2.05) is 18.4 Å². The summed E-state index contributed by atoms with van der Waals surface area (Å²) in [5.74, 6) is 0.498. The van der Waals surface area contributed by atoms with E-state index in [4.69, 9.17) is 9.47 Å². The number of methoxy groups -OCH3 is 1. The number of nitrogens with zero attached hydrogens (tertiary/aromatic N) is 3. The highest BCUT2D eigenvalue weighted by atomic mass is 32.1. The van der Waals surface area contributed by atoms with Crippen molar-refractivity contribution in [2.24, 2.45) is 0 Å². The highest BCUT2D eigenvalue weighted by Gasteiger charge is 2.32. The fourth-order valence-electron chi connectivity index (χ4n) is 2.41. The lowest BCUT2D eigenvalue weighted by Gasteiger charge is -2.36. The summed E-state index contributed by atoms with van der Waals surface area (Å²) < 4.78 is 10.4. The molecule has 3 heterocycles. The van der Waals surface area contributed by atoms with Crippen LogP contribution in [0.15, 0.2) is 17.8 Å². The van der Waals surface area contributed by atoms with Crippen molar-refractivity contribution in [3.8, 4) is 0 Å². The van der Waals surface area contributed by atoms with Crippen LogP contribution in [0.1, 0.15) is 6.92 Å². The summed E-state index contributed by atoms with van der Waals surface area (Å²) in [6, 6.07) is 2.00. The molecule has 1 aliphatic rings. The highest BCUT2D eigenvalue weighted by molar-refractivity contribution is 7.16. The molecule has 0 aromatic carbocycles. The zero-order valence-electron chi connectivity index (χ0n) is 11.3. The maximum absolute atomic E-state index is 11.7. The zero-order chi connectivity index (χ0) is 14.1. The summed E-state index contributed by atoms with van der Waals surface area (Å²) in [5, 5.41) is 3.00. The predicted octanol–water partition coefficient (Wildman–Crippen LogP) is 1.46. The van der Waals surface area contributed by atoms with Gasteiger partial charge in [0.05, 0.1) is 25.1 Å². The Morgan fingerprint density at radius 2 is 2.35 bits per heavy atom. The third-order valence-corrected chi connectivity index (χ3v) is 4.09. The molecule has 2 aromatic rings. The number of rotatable bonds is 2. The van der Waals surface area contributed by atoms with Crippen molar-refractivity contribution >= 4 is 33.3 Å². The van der Waals surface area contributed by atoms with Crippen LogP contribution < -0.4 is 4.90 Å². The standard InChI is InChI=1S/C13H15N3O3S/c1-8-5-16(6-10(19-8)13(17)18-2)11-9-3-4-20-12(9)15-7-14-11/h3-4,7-8,10H,5-6H2,1-2H3/t8-,10?/m1/s1. The quantitative estimate of drug-likeness (QED) is 0.781. The van der Waals surface area contributed by atoms with Gasteiger partial charge in [0.1, 0.15) is 17.0 Å². The van der Waals surface area contributed by atoms with Gasteiger partial charge >= 0.3 is 5.97 Å². The summed E-state index contributed by atoms with van der Waals surface area (Å²) in [7, 11) is 1.37. The van der Waals surface area contributed by atoms with Crippen molar-refractivity contribution in [1.29, 1.82) is 0 Å². The second kappa shape index (κ2) is 5.34. The highest BCUT2D eigenvalue weighted by Crippen LogP contribution is 2.28. The van der Waals surface area contributed by atoms with Crippen LogP contribution in [0.2, 0.25) is 0 Å². The van der Waals surface area contributed by atoms with Crippen molar-refractivity contribution < 1.29 is 14.3 Å². The second-order valence-electron chi connectivity index (χ2n) is 4.70. The number of morpholine rings is 1. The molecule has 20 heavy (non-hydrogen) atoms. The lowest BCUT2D eigenvalue weighted by molar-refractivity contribution is -0.158. The number of anilines is 1. The van der Waals surface area contributed by atoms with Crippen LogP contribution in [0.3, 0.4) is 0 Å². The number of aromatic nitrogens is 2. The van der Waals surface area contributed by atoms with Gasteiger partial charge in [0.25, 0.3) is 0 Å². The van der Waals surface area contributed by atoms with E-state index >= 15 is 0 Å². The van der Waals surface area contributed by atoms with Crippen molar-refractivity contribution in [3.05, 3.63) is 17.8 Å². The van der Waals surface area contributed by atoms with E-state index in [0.29, 0.717) is 13.1 Å². The average molecular weight is 293 g/mol. The maximum Gasteiger partial charge on any atom is 0.336 e. The van der Waals surface area contributed by atoms with E-state index in [2.05, 4.69) is 14.9 Å². The predicted molar refractivity (Wildman–Crippen MR) is 76.0 cm³/mol. The monoisotopic (exact) mass is 293 g/mol. The summed E-state index contributed by atoms with van der Waals surface area (Å²) in [5.41, 5.74) is 0. The van der Waals surface area contributed by atoms with Crippen molar-refractivity contribution in [3.63, 3.8) is 0 Å². The van der Waals surface area contributed by atoms with Crippen LogP contribution in [0, 0.1) is 0 Å². The number of fused-ring (bicyclic) bond motifs is 1. The zero-order valence-corrected chi connectivity index (χ0v) is 12.1. The molecule has 0 bridgehead atoms. The Bertz CT molecular complexity index is 630. The molecule has 0 radical (unpaired) electrons. The normalized spacial score (nSPS) is 23.0. The third kappa shape index (κ3) is 2.34. The van der Waals surface area contributed by atoms with E-state index in [1.54, 1.807) is 17.7 Å². The van der Waals surface area contributed by atoms with Gasteiger partial charge in [0, 0.05) is 6.54 Å². The first-order chi connectivity index (χ1) is 9.69. The van der Waals surface area contributed by atoms with Crippen LogP contribution >= 0.6 is 11.3 Å². The Kier molecular flexibility index (Phi) is 3.54. The van der Waals surface area contributed by atoms with Gasteiger partial charge in [-0.3, -0.25) is 0 Å². The lowest BCUT2D eigenvalue weighted by atomic mass is 10.2. The molecule has 2 aromatic heterocycles. The Balaban J connectivity index is 1.92. The van der Waals surface area contributed by atoms with Crippen molar-refractivity contribution in [2.45, 2.75) is 19.1 Å². The summed E-state index contributed by atoms with van der Waals surface area (Å²) in [6.07, 6.45) is 0.922. The number of esters is 1. The number of hydrogen-bond donors (Lipinski definition) is 0. The molecule has 106 valence electrons. The Morgan fingerprint density at radius 3 is 3.15 bits per heavy atom. The number of hydrogen-bond acceptors (Lipinski definition) is 7. The first kappa shape index (κ1) is 13.3. The van der Waals surface area contributed by atoms with Crippen LogP contribution in [-0.2, 0) is 14.3 Å². The molecule has 0 aliphatic carbocycles. The minimum Gasteiger partial charge on any atom is -0.467 e. The Hall–Kier alpha value is -1.73. The molecule has 0 spiro atoms. The van der Waals surface area contributed by atoms with Gasteiger partial charge < -0.3 is 14.4 Å². The van der Waals surface area contributed by atoms with E-state index < -0.39 is 6.10 Å².